The molecule has 0 saturated heterocycles. The van der Waals surface area contributed by atoms with Crippen LogP contribution in [0.2, 0.25) is 0 Å². The number of nitrogens with two attached hydrogens (primary N) is 1. The zero-order valence-corrected chi connectivity index (χ0v) is 12.8. The van der Waals surface area contributed by atoms with Crippen molar-refractivity contribution in [2.24, 2.45) is 5.92 Å². The van der Waals surface area contributed by atoms with E-state index in [4.69, 9.17) is 10.5 Å². The molecule has 1 aromatic carbocycles. The molecule has 1 aliphatic carbocycles. The predicted molar refractivity (Wildman–Crippen MR) is 85.2 cm³/mol. The van der Waals surface area contributed by atoms with Crippen molar-refractivity contribution in [2.45, 2.75) is 45.1 Å². The number of hydrogen-bond donors (Lipinski definition) is 2. The Kier molecular flexibility index (Phi) is 6.05. The average molecular weight is 290 g/mol. The van der Waals surface area contributed by atoms with Crippen LogP contribution in [-0.4, -0.2) is 25.2 Å². The normalized spacial score (nSPS) is 16.8. The Bertz CT molecular complexity index is 456. The van der Waals surface area contributed by atoms with Crippen LogP contribution in [0.3, 0.4) is 0 Å². The third-order valence-electron chi connectivity index (χ3n) is 4.23. The molecule has 4 heteroatoms. The van der Waals surface area contributed by atoms with Crippen LogP contribution in [0.15, 0.2) is 24.3 Å². The molecule has 1 atom stereocenters. The standard InChI is InChI=1S/C17H26N2O2/c1-2-21-16(13-7-3-4-8-13)11-12-19-17(20)14-9-5-6-10-15(14)18/h5-6,9-10,13,16H,2-4,7-8,11-12,18H2,1H3,(H,19,20). The monoisotopic (exact) mass is 290 g/mol. The Balaban J connectivity index is 1.81. The number of carbonyl (C=O) groups excluding carboxylic acids is 1. The first-order valence-corrected chi connectivity index (χ1v) is 7.96. The summed E-state index contributed by atoms with van der Waals surface area (Å²) in [4.78, 5) is 12.1. The second kappa shape index (κ2) is 8.03. The summed E-state index contributed by atoms with van der Waals surface area (Å²) in [6.45, 7) is 3.40. The largest absolute Gasteiger partial charge is 0.398 e. The average Bonchev–Trinajstić information content (AvgIpc) is 3.01. The van der Waals surface area contributed by atoms with Crippen molar-refractivity contribution in [1.82, 2.24) is 5.32 Å². The summed E-state index contributed by atoms with van der Waals surface area (Å²) in [5.74, 6) is 0.554. The summed E-state index contributed by atoms with van der Waals surface area (Å²) in [5, 5.41) is 2.95. The van der Waals surface area contributed by atoms with Crippen molar-refractivity contribution < 1.29 is 9.53 Å². The number of nitrogens with one attached hydrogen (secondary N) is 1. The maximum absolute atomic E-state index is 12.1. The van der Waals surface area contributed by atoms with E-state index in [1.165, 1.54) is 25.7 Å². The van der Waals surface area contributed by atoms with Crippen LogP contribution < -0.4 is 11.1 Å². The maximum atomic E-state index is 12.1. The highest BCUT2D eigenvalue weighted by Crippen LogP contribution is 2.30. The second-order valence-electron chi connectivity index (χ2n) is 5.67. The van der Waals surface area contributed by atoms with Crippen LogP contribution in [0.5, 0.6) is 0 Å². The second-order valence-corrected chi connectivity index (χ2v) is 5.67. The van der Waals surface area contributed by atoms with Crippen LogP contribution in [-0.2, 0) is 4.74 Å². The van der Waals surface area contributed by atoms with Gasteiger partial charge >= 0.3 is 0 Å². The molecule has 2 rings (SSSR count). The summed E-state index contributed by atoms with van der Waals surface area (Å²) in [7, 11) is 0. The first-order chi connectivity index (χ1) is 10.2. The van der Waals surface area contributed by atoms with E-state index in [1.54, 1.807) is 12.1 Å². The van der Waals surface area contributed by atoms with E-state index in [9.17, 15) is 4.79 Å². The van der Waals surface area contributed by atoms with E-state index < -0.39 is 0 Å². The number of anilines is 1. The molecular formula is C17H26N2O2. The molecule has 3 N–H and O–H groups in total. The summed E-state index contributed by atoms with van der Waals surface area (Å²) >= 11 is 0. The fraction of sp³-hybridized carbons (Fsp3) is 0.588. The number of ether oxygens (including phenoxy) is 1. The number of hydrogen-bond acceptors (Lipinski definition) is 3. The molecule has 1 aliphatic rings. The van der Waals surface area contributed by atoms with Gasteiger partial charge in [-0.15, -0.1) is 0 Å². The van der Waals surface area contributed by atoms with Crippen molar-refractivity contribution in [3.05, 3.63) is 29.8 Å². The van der Waals surface area contributed by atoms with E-state index in [0.29, 0.717) is 23.7 Å². The van der Waals surface area contributed by atoms with Crippen molar-refractivity contribution in [3.8, 4) is 0 Å². The van der Waals surface area contributed by atoms with Gasteiger partial charge in [-0.05, 0) is 44.2 Å². The molecule has 21 heavy (non-hydrogen) atoms. The zero-order chi connectivity index (χ0) is 15.1. The molecule has 1 fully saturated rings. The minimum absolute atomic E-state index is 0.102. The van der Waals surface area contributed by atoms with Gasteiger partial charge in [0, 0.05) is 18.8 Å². The molecule has 4 nitrogen and oxygen atoms in total. The van der Waals surface area contributed by atoms with Crippen LogP contribution in [0.4, 0.5) is 5.69 Å². The van der Waals surface area contributed by atoms with Crippen molar-refractivity contribution >= 4 is 11.6 Å². The molecule has 0 aromatic heterocycles. The quantitative estimate of drug-likeness (QED) is 0.759. The molecule has 0 radical (unpaired) electrons. The summed E-state index contributed by atoms with van der Waals surface area (Å²) in [5.41, 5.74) is 6.88. The SMILES string of the molecule is CCOC(CCNC(=O)c1ccccc1N)C1CCCC1. The Morgan fingerprint density at radius 2 is 2.10 bits per heavy atom. The fourth-order valence-corrected chi connectivity index (χ4v) is 3.13. The molecule has 1 saturated carbocycles. The maximum Gasteiger partial charge on any atom is 0.253 e. The number of carbonyl (C=O) groups is 1. The van der Waals surface area contributed by atoms with E-state index in [0.717, 1.165) is 13.0 Å². The number of benzene rings is 1. The third-order valence-corrected chi connectivity index (χ3v) is 4.23. The van der Waals surface area contributed by atoms with Crippen molar-refractivity contribution in [2.75, 3.05) is 18.9 Å². The Morgan fingerprint density at radius 1 is 1.38 bits per heavy atom. The van der Waals surface area contributed by atoms with E-state index in [2.05, 4.69) is 5.32 Å². The van der Waals surface area contributed by atoms with Gasteiger partial charge < -0.3 is 15.8 Å². The van der Waals surface area contributed by atoms with E-state index >= 15 is 0 Å². The zero-order valence-electron chi connectivity index (χ0n) is 12.8. The van der Waals surface area contributed by atoms with Gasteiger partial charge in [0.2, 0.25) is 0 Å². The molecule has 0 heterocycles. The highest BCUT2D eigenvalue weighted by Gasteiger charge is 2.25. The van der Waals surface area contributed by atoms with Crippen molar-refractivity contribution in [1.29, 1.82) is 0 Å². The Labute approximate surface area is 127 Å². The summed E-state index contributed by atoms with van der Waals surface area (Å²) in [6.07, 6.45) is 6.26. The van der Waals surface area contributed by atoms with Gasteiger partial charge in [0.1, 0.15) is 0 Å². The molecular weight excluding hydrogens is 264 g/mol. The smallest absolute Gasteiger partial charge is 0.253 e. The lowest BCUT2D eigenvalue weighted by atomic mass is 9.98. The van der Waals surface area contributed by atoms with Crippen LogP contribution >= 0.6 is 0 Å². The lowest BCUT2D eigenvalue weighted by Gasteiger charge is -2.23. The lowest BCUT2D eigenvalue weighted by molar-refractivity contribution is 0.0163. The van der Waals surface area contributed by atoms with Gasteiger partial charge in [0.15, 0.2) is 0 Å². The third kappa shape index (κ3) is 4.46. The highest BCUT2D eigenvalue weighted by atomic mass is 16.5. The molecule has 0 spiro atoms. The first kappa shape index (κ1) is 15.8. The van der Waals surface area contributed by atoms with Crippen LogP contribution in [0.1, 0.15) is 49.4 Å². The number of amides is 1. The fourth-order valence-electron chi connectivity index (χ4n) is 3.13. The molecule has 1 amide bonds. The van der Waals surface area contributed by atoms with Crippen LogP contribution in [0, 0.1) is 5.92 Å². The highest BCUT2D eigenvalue weighted by molar-refractivity contribution is 5.98. The molecule has 0 aliphatic heterocycles. The number of para-hydroxylation sites is 1. The summed E-state index contributed by atoms with van der Waals surface area (Å²) < 4.78 is 5.86. The van der Waals surface area contributed by atoms with Gasteiger partial charge in [-0.2, -0.15) is 0 Å². The van der Waals surface area contributed by atoms with Gasteiger partial charge in [0.05, 0.1) is 11.7 Å². The minimum Gasteiger partial charge on any atom is -0.398 e. The Morgan fingerprint density at radius 3 is 2.76 bits per heavy atom. The van der Waals surface area contributed by atoms with E-state index in [1.807, 2.05) is 19.1 Å². The lowest BCUT2D eigenvalue weighted by Crippen LogP contribution is -2.31. The topological polar surface area (TPSA) is 64.3 Å². The molecule has 1 unspecified atom stereocenters. The van der Waals surface area contributed by atoms with Gasteiger partial charge in [0.25, 0.3) is 5.91 Å². The van der Waals surface area contributed by atoms with Gasteiger partial charge in [-0.1, -0.05) is 25.0 Å². The number of nitrogen functional groups attached to an aromatic ring is 1. The molecule has 0 bridgehead atoms. The van der Waals surface area contributed by atoms with Gasteiger partial charge in [-0.3, -0.25) is 4.79 Å². The minimum atomic E-state index is -0.102. The van der Waals surface area contributed by atoms with Gasteiger partial charge in [-0.25, -0.2) is 0 Å². The first-order valence-electron chi connectivity index (χ1n) is 7.96. The molecule has 116 valence electrons. The predicted octanol–water partition coefficient (Wildman–Crippen LogP) is 2.98. The van der Waals surface area contributed by atoms with E-state index in [-0.39, 0.29) is 12.0 Å². The molecule has 1 aromatic rings. The van der Waals surface area contributed by atoms with Crippen molar-refractivity contribution in [3.63, 3.8) is 0 Å². The van der Waals surface area contributed by atoms with Crippen LogP contribution in [0.25, 0.3) is 0 Å². The Hall–Kier alpha value is -1.55. The summed E-state index contributed by atoms with van der Waals surface area (Å²) in [6, 6.07) is 7.15. The number of rotatable bonds is 7.